The first-order valence-electron chi connectivity index (χ1n) is 6.55. The third-order valence-electron chi connectivity index (χ3n) is 2.56. The van der Waals surface area contributed by atoms with Crippen LogP contribution >= 0.6 is 11.6 Å². The predicted molar refractivity (Wildman–Crippen MR) is 85.1 cm³/mol. The maximum absolute atomic E-state index is 11.8. The van der Waals surface area contributed by atoms with E-state index in [-0.39, 0.29) is 18.0 Å². The van der Waals surface area contributed by atoms with Crippen LogP contribution in [0.25, 0.3) is 0 Å². The van der Waals surface area contributed by atoms with Crippen LogP contribution in [0.4, 0.5) is 5.82 Å². The second kappa shape index (κ2) is 7.95. The second-order valence-corrected chi connectivity index (χ2v) is 4.90. The number of nitrogens with one attached hydrogen (secondary N) is 2. The van der Waals surface area contributed by atoms with Crippen LogP contribution in [0.3, 0.4) is 0 Å². The number of hydrogen-bond acceptors (Lipinski definition) is 6. The highest BCUT2D eigenvalue weighted by Gasteiger charge is 2.08. The van der Waals surface area contributed by atoms with E-state index in [4.69, 9.17) is 11.6 Å². The van der Waals surface area contributed by atoms with Gasteiger partial charge < -0.3 is 5.32 Å². The fourth-order valence-corrected chi connectivity index (χ4v) is 1.64. The molecule has 23 heavy (non-hydrogen) atoms. The largest absolute Gasteiger partial charge is 0.310 e. The summed E-state index contributed by atoms with van der Waals surface area (Å²) < 4.78 is 0. The van der Waals surface area contributed by atoms with Gasteiger partial charge in [-0.1, -0.05) is 11.6 Å². The molecule has 0 unspecified atom stereocenters. The SMILES string of the molecule is CC(CC(=O)Nc1ccc(Cl)cn1)=NNC(=O)c1cnccn1. The fraction of sp³-hybridized carbons (Fsp3) is 0.143. The van der Waals surface area contributed by atoms with Crippen LogP contribution < -0.4 is 10.7 Å². The van der Waals surface area contributed by atoms with Crippen LogP contribution in [-0.2, 0) is 4.79 Å². The molecule has 0 fully saturated rings. The maximum Gasteiger partial charge on any atom is 0.291 e. The van der Waals surface area contributed by atoms with Crippen molar-refractivity contribution in [1.29, 1.82) is 0 Å². The summed E-state index contributed by atoms with van der Waals surface area (Å²) in [6, 6.07) is 3.20. The lowest BCUT2D eigenvalue weighted by atomic mass is 10.3. The molecule has 8 nitrogen and oxygen atoms in total. The molecule has 2 heterocycles. The van der Waals surface area contributed by atoms with E-state index in [0.717, 1.165) is 0 Å². The molecule has 0 spiro atoms. The van der Waals surface area contributed by atoms with Crippen molar-refractivity contribution < 1.29 is 9.59 Å². The Morgan fingerprint density at radius 3 is 2.70 bits per heavy atom. The number of halogens is 1. The molecule has 0 aromatic carbocycles. The van der Waals surface area contributed by atoms with E-state index in [2.05, 4.69) is 30.8 Å². The summed E-state index contributed by atoms with van der Waals surface area (Å²) in [4.78, 5) is 35.1. The molecular formula is C14H13ClN6O2. The first kappa shape index (κ1) is 16.5. The summed E-state index contributed by atoms with van der Waals surface area (Å²) in [5.41, 5.74) is 2.87. The van der Waals surface area contributed by atoms with E-state index in [0.29, 0.717) is 16.6 Å². The van der Waals surface area contributed by atoms with Gasteiger partial charge in [-0.15, -0.1) is 0 Å². The standard InChI is InChI=1S/C14H13ClN6O2/c1-9(20-21-14(23)11-8-16-4-5-17-11)6-13(22)19-12-3-2-10(15)7-18-12/h2-5,7-8H,6H2,1H3,(H,21,23)(H,18,19,22). The van der Waals surface area contributed by atoms with Gasteiger partial charge in [0.2, 0.25) is 5.91 Å². The summed E-state index contributed by atoms with van der Waals surface area (Å²) >= 11 is 5.71. The molecule has 0 saturated heterocycles. The zero-order valence-electron chi connectivity index (χ0n) is 12.2. The van der Waals surface area contributed by atoms with Gasteiger partial charge in [0.15, 0.2) is 0 Å². The van der Waals surface area contributed by atoms with Gasteiger partial charge in [-0.2, -0.15) is 5.10 Å². The van der Waals surface area contributed by atoms with Crippen molar-refractivity contribution in [3.63, 3.8) is 0 Å². The van der Waals surface area contributed by atoms with Crippen molar-refractivity contribution in [2.24, 2.45) is 5.10 Å². The minimum absolute atomic E-state index is 0.00501. The number of aromatic nitrogens is 3. The third-order valence-corrected chi connectivity index (χ3v) is 2.78. The fourth-order valence-electron chi connectivity index (χ4n) is 1.53. The zero-order chi connectivity index (χ0) is 16.7. The Kier molecular flexibility index (Phi) is 5.70. The Balaban J connectivity index is 1.85. The van der Waals surface area contributed by atoms with Crippen LogP contribution in [0.15, 0.2) is 42.0 Å². The number of carbonyl (C=O) groups is 2. The van der Waals surface area contributed by atoms with Crippen LogP contribution in [0.2, 0.25) is 5.02 Å². The van der Waals surface area contributed by atoms with Crippen LogP contribution in [0, 0.1) is 0 Å². The molecule has 2 aromatic heterocycles. The smallest absolute Gasteiger partial charge is 0.291 e. The molecule has 9 heteroatoms. The summed E-state index contributed by atoms with van der Waals surface area (Å²) in [6.45, 7) is 1.62. The number of anilines is 1. The average Bonchev–Trinajstić information content (AvgIpc) is 2.55. The number of amides is 2. The summed E-state index contributed by atoms with van der Waals surface area (Å²) in [5, 5.41) is 6.92. The second-order valence-electron chi connectivity index (χ2n) is 4.47. The van der Waals surface area contributed by atoms with Crippen LogP contribution in [-0.4, -0.2) is 32.5 Å². The molecule has 0 saturated carbocycles. The molecule has 2 rings (SSSR count). The van der Waals surface area contributed by atoms with Crippen LogP contribution in [0.1, 0.15) is 23.8 Å². The zero-order valence-corrected chi connectivity index (χ0v) is 12.9. The molecule has 0 bridgehead atoms. The lowest BCUT2D eigenvalue weighted by Crippen LogP contribution is -2.22. The Morgan fingerprint density at radius 2 is 2.04 bits per heavy atom. The highest BCUT2D eigenvalue weighted by atomic mass is 35.5. The Labute approximate surface area is 137 Å². The summed E-state index contributed by atoms with van der Waals surface area (Å²) in [7, 11) is 0. The highest BCUT2D eigenvalue weighted by Crippen LogP contribution is 2.09. The van der Waals surface area contributed by atoms with E-state index in [9.17, 15) is 9.59 Å². The predicted octanol–water partition coefficient (Wildman–Crippen LogP) is 1.66. The quantitative estimate of drug-likeness (QED) is 0.639. The van der Waals surface area contributed by atoms with E-state index < -0.39 is 5.91 Å². The first-order chi connectivity index (χ1) is 11.0. The van der Waals surface area contributed by atoms with E-state index >= 15 is 0 Å². The van der Waals surface area contributed by atoms with Crippen molar-refractivity contribution in [1.82, 2.24) is 20.4 Å². The molecule has 0 aliphatic carbocycles. The number of pyridine rings is 1. The Bertz CT molecular complexity index is 718. The maximum atomic E-state index is 11.8. The van der Waals surface area contributed by atoms with Gasteiger partial charge in [0.1, 0.15) is 11.5 Å². The average molecular weight is 333 g/mol. The van der Waals surface area contributed by atoms with Gasteiger partial charge in [-0.25, -0.2) is 15.4 Å². The molecule has 0 radical (unpaired) electrons. The highest BCUT2D eigenvalue weighted by molar-refractivity contribution is 6.30. The Hall–Kier alpha value is -2.87. The normalized spacial score (nSPS) is 11.0. The van der Waals surface area contributed by atoms with Crippen LogP contribution in [0.5, 0.6) is 0 Å². The minimum atomic E-state index is -0.503. The van der Waals surface area contributed by atoms with E-state index in [1.165, 1.54) is 24.8 Å². The lowest BCUT2D eigenvalue weighted by Gasteiger charge is -2.04. The van der Waals surface area contributed by atoms with Crippen molar-refractivity contribution in [2.45, 2.75) is 13.3 Å². The van der Waals surface area contributed by atoms with Crippen molar-refractivity contribution in [3.05, 3.63) is 47.6 Å². The number of hydrazone groups is 1. The first-order valence-corrected chi connectivity index (χ1v) is 6.93. The van der Waals surface area contributed by atoms with Gasteiger partial charge in [0.25, 0.3) is 5.91 Å². The van der Waals surface area contributed by atoms with Crippen molar-refractivity contribution in [2.75, 3.05) is 5.32 Å². The molecule has 0 aliphatic heterocycles. The molecule has 2 aromatic rings. The van der Waals surface area contributed by atoms with Gasteiger partial charge in [0, 0.05) is 24.3 Å². The monoisotopic (exact) mass is 332 g/mol. The molecule has 2 amide bonds. The van der Waals surface area contributed by atoms with Crippen molar-refractivity contribution in [3.8, 4) is 0 Å². The number of carbonyl (C=O) groups excluding carboxylic acids is 2. The molecule has 0 atom stereocenters. The lowest BCUT2D eigenvalue weighted by molar-refractivity contribution is -0.115. The van der Waals surface area contributed by atoms with Gasteiger partial charge >= 0.3 is 0 Å². The molecular weight excluding hydrogens is 320 g/mol. The Morgan fingerprint density at radius 1 is 1.22 bits per heavy atom. The molecule has 2 N–H and O–H groups in total. The number of hydrogen-bond donors (Lipinski definition) is 2. The number of rotatable bonds is 5. The third kappa shape index (κ3) is 5.44. The van der Waals surface area contributed by atoms with Gasteiger partial charge in [0.05, 0.1) is 17.6 Å². The number of nitrogens with zero attached hydrogens (tertiary/aromatic N) is 4. The van der Waals surface area contributed by atoms with Gasteiger partial charge in [-0.3, -0.25) is 14.6 Å². The van der Waals surface area contributed by atoms with E-state index in [1.54, 1.807) is 19.1 Å². The molecule has 118 valence electrons. The minimum Gasteiger partial charge on any atom is -0.310 e. The topological polar surface area (TPSA) is 109 Å². The van der Waals surface area contributed by atoms with Gasteiger partial charge in [-0.05, 0) is 19.1 Å². The van der Waals surface area contributed by atoms with E-state index in [1.807, 2.05) is 0 Å². The molecule has 0 aliphatic rings. The summed E-state index contributed by atoms with van der Waals surface area (Å²) in [5.74, 6) is -0.428. The van der Waals surface area contributed by atoms with Crippen molar-refractivity contribution >= 4 is 34.9 Å². The summed E-state index contributed by atoms with van der Waals surface area (Å²) in [6.07, 6.45) is 5.61.